The normalized spacial score (nSPS) is 20.5. The summed E-state index contributed by atoms with van der Waals surface area (Å²) >= 11 is 0. The standard InChI is InChI=1S/C35H43N3O6/c1-5-19-38(3)22-31-24(2)32(28-15-13-27(23-39)14-16-28)44-34(43-31)29-17-11-26(12-18-29)21-36-35(41)37-30(33(40)42-4)20-25-9-7-6-8-10-25/h5-18,24,30-32,34,39H,1,19-23H2,2-4H3,(H2,36,37,41)/t24-,30+,31+,32+,34+/m1/s1. The molecule has 0 spiro atoms. The minimum atomic E-state index is -0.806. The van der Waals surface area contributed by atoms with Gasteiger partial charge in [-0.25, -0.2) is 9.59 Å². The van der Waals surface area contributed by atoms with Gasteiger partial charge in [0.05, 0.1) is 25.9 Å². The molecule has 0 aliphatic carbocycles. The molecule has 3 aromatic carbocycles. The third kappa shape index (κ3) is 9.00. The van der Waals surface area contributed by atoms with Crippen LogP contribution in [0.15, 0.2) is 91.5 Å². The van der Waals surface area contributed by atoms with E-state index in [0.29, 0.717) is 13.0 Å². The second-order valence-corrected chi connectivity index (χ2v) is 11.2. The topological polar surface area (TPSA) is 109 Å². The van der Waals surface area contributed by atoms with Gasteiger partial charge in [0, 0.05) is 37.5 Å². The molecule has 5 atom stereocenters. The van der Waals surface area contributed by atoms with Crippen LogP contribution in [-0.4, -0.2) is 61.4 Å². The molecule has 44 heavy (non-hydrogen) atoms. The van der Waals surface area contributed by atoms with Gasteiger partial charge < -0.3 is 34.9 Å². The van der Waals surface area contributed by atoms with Gasteiger partial charge in [-0.15, -0.1) is 6.58 Å². The lowest BCUT2D eigenvalue weighted by Crippen LogP contribution is -2.47. The molecule has 1 aliphatic rings. The average Bonchev–Trinajstić information content (AvgIpc) is 3.05. The van der Waals surface area contributed by atoms with Crippen molar-refractivity contribution in [1.82, 2.24) is 15.5 Å². The molecule has 1 heterocycles. The van der Waals surface area contributed by atoms with Crippen molar-refractivity contribution in [2.45, 2.75) is 51.0 Å². The van der Waals surface area contributed by atoms with E-state index in [4.69, 9.17) is 14.2 Å². The Morgan fingerprint density at radius 1 is 0.977 bits per heavy atom. The van der Waals surface area contributed by atoms with Crippen LogP contribution in [0.2, 0.25) is 0 Å². The highest BCUT2D eigenvalue weighted by molar-refractivity contribution is 5.83. The number of ether oxygens (including phenoxy) is 3. The third-order valence-electron chi connectivity index (χ3n) is 7.83. The number of hydrogen-bond donors (Lipinski definition) is 3. The number of methoxy groups -OCH3 is 1. The highest BCUT2D eigenvalue weighted by Crippen LogP contribution is 2.41. The van der Waals surface area contributed by atoms with Crippen molar-refractivity contribution in [2.75, 3.05) is 27.2 Å². The number of likely N-dealkylation sites (N-methyl/N-ethyl adjacent to an activating group) is 1. The number of aliphatic hydroxyl groups is 1. The summed E-state index contributed by atoms with van der Waals surface area (Å²) in [5, 5.41) is 15.0. The van der Waals surface area contributed by atoms with Crippen molar-refractivity contribution in [2.24, 2.45) is 5.92 Å². The van der Waals surface area contributed by atoms with Gasteiger partial charge in [-0.1, -0.05) is 91.9 Å². The number of carbonyl (C=O) groups excluding carboxylic acids is 2. The molecule has 4 rings (SSSR count). The van der Waals surface area contributed by atoms with E-state index in [1.54, 1.807) is 0 Å². The van der Waals surface area contributed by atoms with Crippen LogP contribution < -0.4 is 10.6 Å². The van der Waals surface area contributed by atoms with Gasteiger partial charge in [-0.3, -0.25) is 0 Å². The molecule has 3 aromatic rings. The van der Waals surface area contributed by atoms with Crippen LogP contribution in [-0.2, 0) is 38.6 Å². The second-order valence-electron chi connectivity index (χ2n) is 11.2. The molecular formula is C35H43N3O6. The SMILES string of the molecule is C=CCN(C)C[C@@H]1O[C@H](c2ccc(CNC(=O)N[C@@H](Cc3ccccc3)C(=O)OC)cc2)O[C@H](c2ccc(CO)cc2)[C@@H]1C. The van der Waals surface area contributed by atoms with E-state index in [0.717, 1.165) is 34.4 Å². The highest BCUT2D eigenvalue weighted by atomic mass is 16.7. The maximum Gasteiger partial charge on any atom is 0.328 e. The van der Waals surface area contributed by atoms with Crippen LogP contribution in [0.4, 0.5) is 4.79 Å². The Balaban J connectivity index is 1.41. The fourth-order valence-corrected chi connectivity index (χ4v) is 5.30. The third-order valence-corrected chi connectivity index (χ3v) is 7.83. The van der Waals surface area contributed by atoms with Crippen LogP contribution in [0, 0.1) is 5.92 Å². The van der Waals surface area contributed by atoms with E-state index in [2.05, 4.69) is 29.0 Å². The zero-order chi connectivity index (χ0) is 31.5. The van der Waals surface area contributed by atoms with Crippen LogP contribution in [0.5, 0.6) is 0 Å². The number of esters is 1. The number of urea groups is 1. The van der Waals surface area contributed by atoms with Crippen LogP contribution in [0.1, 0.15) is 47.1 Å². The van der Waals surface area contributed by atoms with Crippen molar-refractivity contribution in [3.05, 3.63) is 119 Å². The molecule has 0 radical (unpaired) electrons. The van der Waals surface area contributed by atoms with E-state index >= 15 is 0 Å². The number of carbonyl (C=O) groups is 2. The van der Waals surface area contributed by atoms with Crippen molar-refractivity contribution in [3.63, 3.8) is 0 Å². The molecule has 9 heteroatoms. The van der Waals surface area contributed by atoms with Crippen LogP contribution >= 0.6 is 0 Å². The first-order valence-corrected chi connectivity index (χ1v) is 14.9. The molecule has 0 unspecified atom stereocenters. The van der Waals surface area contributed by atoms with E-state index in [-0.39, 0.29) is 31.3 Å². The molecule has 0 aromatic heterocycles. The molecule has 1 aliphatic heterocycles. The van der Waals surface area contributed by atoms with Gasteiger partial charge >= 0.3 is 12.0 Å². The van der Waals surface area contributed by atoms with Crippen LogP contribution in [0.3, 0.4) is 0 Å². The first-order chi connectivity index (χ1) is 21.3. The Morgan fingerprint density at radius 3 is 2.27 bits per heavy atom. The number of aliphatic hydroxyl groups excluding tert-OH is 1. The van der Waals surface area contributed by atoms with Crippen molar-refractivity contribution in [1.29, 1.82) is 0 Å². The lowest BCUT2D eigenvalue weighted by Gasteiger charge is -2.42. The summed E-state index contributed by atoms with van der Waals surface area (Å²) < 4.78 is 17.9. The molecule has 1 saturated heterocycles. The maximum atomic E-state index is 12.7. The van der Waals surface area contributed by atoms with E-state index < -0.39 is 24.3 Å². The van der Waals surface area contributed by atoms with Gasteiger partial charge in [-0.2, -0.15) is 0 Å². The summed E-state index contributed by atoms with van der Waals surface area (Å²) in [6.45, 7) is 7.71. The fraction of sp³-hybridized carbons (Fsp3) is 0.371. The van der Waals surface area contributed by atoms with Gasteiger partial charge in [0.2, 0.25) is 0 Å². The molecular weight excluding hydrogens is 558 g/mol. The second kappa shape index (κ2) is 16.2. The molecule has 2 amide bonds. The van der Waals surface area contributed by atoms with E-state index in [9.17, 15) is 14.7 Å². The maximum absolute atomic E-state index is 12.7. The largest absolute Gasteiger partial charge is 0.467 e. The number of benzene rings is 3. The highest BCUT2D eigenvalue weighted by Gasteiger charge is 2.38. The van der Waals surface area contributed by atoms with Crippen molar-refractivity contribution >= 4 is 12.0 Å². The van der Waals surface area contributed by atoms with E-state index in [1.165, 1.54) is 7.11 Å². The quantitative estimate of drug-likeness (QED) is 0.193. The first-order valence-electron chi connectivity index (χ1n) is 14.9. The first kappa shape index (κ1) is 32.9. The predicted octanol–water partition coefficient (Wildman–Crippen LogP) is 4.67. The van der Waals surface area contributed by atoms with Gasteiger partial charge in [0.1, 0.15) is 6.04 Å². The number of nitrogens with one attached hydrogen (secondary N) is 2. The lowest BCUT2D eigenvalue weighted by molar-refractivity contribution is -0.275. The summed E-state index contributed by atoms with van der Waals surface area (Å²) in [7, 11) is 3.35. The Bertz CT molecular complexity index is 1350. The van der Waals surface area contributed by atoms with E-state index in [1.807, 2.05) is 92.0 Å². The Hall–Kier alpha value is -4.02. The number of amides is 2. The van der Waals surface area contributed by atoms with Gasteiger partial charge in [0.15, 0.2) is 6.29 Å². The number of nitrogens with zero attached hydrogens (tertiary/aromatic N) is 1. The minimum absolute atomic E-state index is 0.00944. The Labute approximate surface area is 259 Å². The Morgan fingerprint density at radius 2 is 1.64 bits per heavy atom. The van der Waals surface area contributed by atoms with Gasteiger partial charge in [-0.05, 0) is 29.3 Å². The average molecular weight is 602 g/mol. The fourth-order valence-electron chi connectivity index (χ4n) is 5.30. The predicted molar refractivity (Wildman–Crippen MR) is 168 cm³/mol. The van der Waals surface area contributed by atoms with Crippen molar-refractivity contribution in [3.8, 4) is 0 Å². The summed E-state index contributed by atoms with van der Waals surface area (Å²) in [4.78, 5) is 27.1. The molecule has 234 valence electrons. The Kier molecular flexibility index (Phi) is 12.1. The molecule has 9 nitrogen and oxygen atoms in total. The molecule has 1 fully saturated rings. The summed E-state index contributed by atoms with van der Waals surface area (Å²) in [5.41, 5.74) is 4.54. The van der Waals surface area contributed by atoms with Crippen LogP contribution in [0.25, 0.3) is 0 Å². The van der Waals surface area contributed by atoms with Crippen molar-refractivity contribution < 1.29 is 28.9 Å². The lowest BCUT2D eigenvalue weighted by atomic mass is 9.90. The summed E-state index contributed by atoms with van der Waals surface area (Å²) in [5.74, 6) is -0.428. The molecule has 0 saturated carbocycles. The van der Waals surface area contributed by atoms with Gasteiger partial charge in [0.25, 0.3) is 0 Å². The number of rotatable bonds is 13. The molecule has 0 bridgehead atoms. The smallest absolute Gasteiger partial charge is 0.328 e. The zero-order valence-electron chi connectivity index (χ0n) is 25.6. The summed E-state index contributed by atoms with van der Waals surface area (Å²) in [6, 6.07) is 23.8. The number of hydrogen-bond acceptors (Lipinski definition) is 7. The zero-order valence-corrected chi connectivity index (χ0v) is 25.6. The monoisotopic (exact) mass is 601 g/mol. The molecule has 3 N–H and O–H groups in total. The minimum Gasteiger partial charge on any atom is -0.467 e. The summed E-state index contributed by atoms with van der Waals surface area (Å²) in [6.07, 6.45) is 1.32.